The molecule has 1 saturated heterocycles. The third kappa shape index (κ3) is 4.42. The van der Waals surface area contributed by atoms with Crippen molar-refractivity contribution < 1.29 is 4.79 Å². The van der Waals surface area contributed by atoms with Crippen LogP contribution in [0.5, 0.6) is 0 Å². The lowest BCUT2D eigenvalue weighted by Gasteiger charge is -2.35. The lowest BCUT2D eigenvalue weighted by Crippen LogP contribution is -2.49. The van der Waals surface area contributed by atoms with Crippen LogP contribution >= 0.6 is 11.8 Å². The summed E-state index contributed by atoms with van der Waals surface area (Å²) in [5, 5.41) is 13.1. The molecule has 6 rings (SSSR count). The third-order valence-corrected chi connectivity index (χ3v) is 7.21. The third-order valence-electron chi connectivity index (χ3n) is 6.28. The van der Waals surface area contributed by atoms with Crippen LogP contribution in [0.25, 0.3) is 16.7 Å². The van der Waals surface area contributed by atoms with Gasteiger partial charge in [0.15, 0.2) is 5.16 Å². The number of fused-ring (bicyclic) bond motifs is 1. The van der Waals surface area contributed by atoms with E-state index in [0.29, 0.717) is 37.9 Å². The molecule has 1 aliphatic rings. The first-order valence-corrected chi connectivity index (χ1v) is 12.8. The molecule has 0 atom stereocenters. The highest BCUT2D eigenvalue weighted by Crippen LogP contribution is 2.26. The maximum absolute atomic E-state index is 13.5. The highest BCUT2D eigenvalue weighted by atomic mass is 32.2. The minimum atomic E-state index is 0.0538. The molecule has 2 aromatic heterocycles. The predicted octanol–water partition coefficient (Wildman–Crippen LogP) is 3.79. The van der Waals surface area contributed by atoms with Crippen LogP contribution in [-0.2, 0) is 5.75 Å². The fourth-order valence-electron chi connectivity index (χ4n) is 4.39. The zero-order valence-electron chi connectivity index (χ0n) is 19.5. The molecule has 3 aromatic carbocycles. The molecule has 1 amide bonds. The number of para-hydroxylation sites is 3. The van der Waals surface area contributed by atoms with E-state index in [4.69, 9.17) is 0 Å². The Hall–Kier alpha value is -4.18. The van der Waals surface area contributed by atoms with Crippen LogP contribution < -0.4 is 4.90 Å². The highest BCUT2D eigenvalue weighted by molar-refractivity contribution is 7.98. The standard InChI is InChI=1S/C26H24N8OS/c35-24(21-11-5-4-8-19(21)18-36-25-27-22-12-6-7-13-23(22)28-25)32-14-16-33(17-15-32)26-29-30-31-34(26)20-9-2-1-3-10-20/h1-13H,14-18H2,(H,27,28). The van der Waals surface area contributed by atoms with Crippen molar-refractivity contribution in [3.63, 3.8) is 0 Å². The van der Waals surface area contributed by atoms with E-state index in [1.54, 1.807) is 16.4 Å². The van der Waals surface area contributed by atoms with Gasteiger partial charge in [-0.15, -0.1) is 0 Å². The number of carbonyl (C=O) groups is 1. The molecule has 1 N–H and O–H groups in total. The maximum atomic E-state index is 13.5. The van der Waals surface area contributed by atoms with Gasteiger partial charge in [-0.2, -0.15) is 4.68 Å². The molecule has 0 unspecified atom stereocenters. The Balaban J connectivity index is 1.13. The van der Waals surface area contributed by atoms with E-state index in [1.807, 2.05) is 83.8 Å². The van der Waals surface area contributed by atoms with Crippen molar-refractivity contribution in [2.45, 2.75) is 10.9 Å². The number of tetrazole rings is 1. The number of piperazine rings is 1. The van der Waals surface area contributed by atoms with Crippen LogP contribution in [0.15, 0.2) is 84.0 Å². The monoisotopic (exact) mass is 496 g/mol. The Kier molecular flexibility index (Phi) is 6.08. The number of carbonyl (C=O) groups excluding carboxylic acids is 1. The van der Waals surface area contributed by atoms with Gasteiger partial charge >= 0.3 is 0 Å². The smallest absolute Gasteiger partial charge is 0.254 e. The summed E-state index contributed by atoms with van der Waals surface area (Å²) in [6.45, 7) is 2.53. The molecule has 10 heteroatoms. The molecule has 180 valence electrons. The lowest BCUT2D eigenvalue weighted by atomic mass is 10.1. The summed E-state index contributed by atoms with van der Waals surface area (Å²) in [7, 11) is 0. The Morgan fingerprint density at radius 2 is 1.64 bits per heavy atom. The number of amides is 1. The quantitative estimate of drug-likeness (QED) is 0.357. The average molecular weight is 497 g/mol. The van der Waals surface area contributed by atoms with Gasteiger partial charge in [0.25, 0.3) is 5.91 Å². The predicted molar refractivity (Wildman–Crippen MR) is 139 cm³/mol. The molecule has 1 fully saturated rings. The summed E-state index contributed by atoms with van der Waals surface area (Å²) < 4.78 is 1.74. The molecule has 0 saturated carbocycles. The van der Waals surface area contributed by atoms with Crippen LogP contribution in [0.4, 0.5) is 5.95 Å². The minimum Gasteiger partial charge on any atom is -0.336 e. The van der Waals surface area contributed by atoms with E-state index < -0.39 is 0 Å². The largest absolute Gasteiger partial charge is 0.336 e. The lowest BCUT2D eigenvalue weighted by molar-refractivity contribution is 0.0745. The van der Waals surface area contributed by atoms with Crippen molar-refractivity contribution in [3.05, 3.63) is 90.0 Å². The summed E-state index contributed by atoms with van der Waals surface area (Å²) in [5.41, 5.74) is 4.61. The Labute approximate surface area is 212 Å². The van der Waals surface area contributed by atoms with Gasteiger partial charge in [-0.05, 0) is 46.3 Å². The van der Waals surface area contributed by atoms with Gasteiger partial charge in [0, 0.05) is 37.5 Å². The second-order valence-electron chi connectivity index (χ2n) is 8.51. The minimum absolute atomic E-state index is 0.0538. The summed E-state index contributed by atoms with van der Waals surface area (Å²) in [5.74, 6) is 1.40. The van der Waals surface area contributed by atoms with Gasteiger partial charge in [0.2, 0.25) is 5.95 Å². The first kappa shape index (κ1) is 22.3. The Bertz CT molecular complexity index is 1460. The van der Waals surface area contributed by atoms with Gasteiger partial charge in [-0.3, -0.25) is 4.79 Å². The van der Waals surface area contributed by atoms with E-state index in [9.17, 15) is 4.79 Å². The van der Waals surface area contributed by atoms with Crippen LogP contribution in [0.1, 0.15) is 15.9 Å². The molecule has 9 nitrogen and oxygen atoms in total. The van der Waals surface area contributed by atoms with Crippen molar-refractivity contribution >= 4 is 34.7 Å². The van der Waals surface area contributed by atoms with Crippen molar-refractivity contribution in [2.24, 2.45) is 0 Å². The fourth-order valence-corrected chi connectivity index (χ4v) is 5.28. The van der Waals surface area contributed by atoms with E-state index in [0.717, 1.165) is 33.0 Å². The number of anilines is 1. The Morgan fingerprint density at radius 3 is 2.47 bits per heavy atom. The SMILES string of the molecule is O=C(c1ccccc1CSc1nc2ccccc2[nH]1)N1CCN(c2nnnn2-c2ccccc2)CC1. The molecular formula is C26H24N8OS. The zero-order valence-corrected chi connectivity index (χ0v) is 20.3. The number of nitrogens with one attached hydrogen (secondary N) is 1. The molecule has 0 bridgehead atoms. The zero-order chi connectivity index (χ0) is 24.3. The normalized spacial score (nSPS) is 13.9. The van der Waals surface area contributed by atoms with Crippen LogP contribution in [0.3, 0.4) is 0 Å². The van der Waals surface area contributed by atoms with Crippen molar-refractivity contribution in [3.8, 4) is 5.69 Å². The second kappa shape index (κ2) is 9.82. The summed E-state index contributed by atoms with van der Waals surface area (Å²) in [4.78, 5) is 25.5. The number of imidazole rings is 1. The number of benzene rings is 3. The van der Waals surface area contributed by atoms with Gasteiger partial charge < -0.3 is 14.8 Å². The number of thioether (sulfide) groups is 1. The average Bonchev–Trinajstić information content (AvgIpc) is 3.60. The number of aromatic nitrogens is 6. The number of nitrogens with zero attached hydrogens (tertiary/aromatic N) is 7. The van der Waals surface area contributed by atoms with Crippen molar-refractivity contribution in [2.75, 3.05) is 31.1 Å². The van der Waals surface area contributed by atoms with E-state index in [1.165, 1.54) is 0 Å². The second-order valence-corrected chi connectivity index (χ2v) is 9.47. The van der Waals surface area contributed by atoms with Crippen molar-refractivity contribution in [1.82, 2.24) is 35.1 Å². The van der Waals surface area contributed by atoms with Gasteiger partial charge in [-0.25, -0.2) is 4.98 Å². The number of aromatic amines is 1. The first-order chi connectivity index (χ1) is 17.8. The van der Waals surface area contributed by atoms with E-state index in [-0.39, 0.29) is 5.91 Å². The first-order valence-electron chi connectivity index (χ1n) is 11.8. The molecule has 1 aliphatic heterocycles. The number of H-pyrrole nitrogens is 1. The summed E-state index contributed by atoms with van der Waals surface area (Å²) in [6.07, 6.45) is 0. The number of rotatable bonds is 6. The van der Waals surface area contributed by atoms with Crippen LogP contribution in [-0.4, -0.2) is 67.2 Å². The summed E-state index contributed by atoms with van der Waals surface area (Å²) >= 11 is 1.61. The summed E-state index contributed by atoms with van der Waals surface area (Å²) in [6, 6.07) is 25.6. The topological polar surface area (TPSA) is 95.8 Å². The fraction of sp³-hybridized carbons (Fsp3) is 0.192. The molecule has 3 heterocycles. The van der Waals surface area contributed by atoms with Crippen LogP contribution in [0, 0.1) is 0 Å². The number of hydrogen-bond acceptors (Lipinski definition) is 7. The molecule has 36 heavy (non-hydrogen) atoms. The molecular weight excluding hydrogens is 472 g/mol. The van der Waals surface area contributed by atoms with E-state index >= 15 is 0 Å². The Morgan fingerprint density at radius 1 is 0.889 bits per heavy atom. The molecule has 0 spiro atoms. The van der Waals surface area contributed by atoms with Gasteiger partial charge in [0.05, 0.1) is 16.7 Å². The molecule has 5 aromatic rings. The van der Waals surface area contributed by atoms with Crippen molar-refractivity contribution in [1.29, 1.82) is 0 Å². The number of hydrogen-bond donors (Lipinski definition) is 1. The highest BCUT2D eigenvalue weighted by Gasteiger charge is 2.26. The molecule has 0 aliphatic carbocycles. The van der Waals surface area contributed by atoms with Crippen LogP contribution in [0.2, 0.25) is 0 Å². The molecule has 0 radical (unpaired) electrons. The maximum Gasteiger partial charge on any atom is 0.254 e. The van der Waals surface area contributed by atoms with Gasteiger partial charge in [-0.1, -0.05) is 65.4 Å². The van der Waals surface area contributed by atoms with Gasteiger partial charge in [0.1, 0.15) is 0 Å². The van der Waals surface area contributed by atoms with E-state index in [2.05, 4.69) is 30.4 Å².